The molecular formula is C13H19NO3. The van der Waals surface area contributed by atoms with Crippen LogP contribution in [0.15, 0.2) is 12.1 Å². The Labute approximate surface area is 102 Å². The number of benzene rings is 1. The second kappa shape index (κ2) is 6.13. The van der Waals surface area contributed by atoms with E-state index in [9.17, 15) is 4.79 Å². The first-order valence-electron chi connectivity index (χ1n) is 5.73. The zero-order valence-corrected chi connectivity index (χ0v) is 10.8. The van der Waals surface area contributed by atoms with Gasteiger partial charge in [-0.3, -0.25) is 4.79 Å². The number of methoxy groups -OCH3 is 1. The second-order valence-corrected chi connectivity index (χ2v) is 3.57. The number of nitrogens with one attached hydrogen (secondary N) is 1. The summed E-state index contributed by atoms with van der Waals surface area (Å²) in [5.74, 6) is 1.23. The largest absolute Gasteiger partial charge is 0.493 e. The second-order valence-electron chi connectivity index (χ2n) is 3.57. The Hall–Kier alpha value is -1.71. The minimum Gasteiger partial charge on any atom is -0.493 e. The van der Waals surface area contributed by atoms with E-state index in [0.717, 1.165) is 12.2 Å². The Bertz CT molecular complexity index is 402. The summed E-state index contributed by atoms with van der Waals surface area (Å²) in [6, 6.07) is 3.52. The van der Waals surface area contributed by atoms with Crippen molar-refractivity contribution in [2.24, 2.45) is 0 Å². The molecule has 0 aliphatic carbocycles. The molecule has 0 saturated carbocycles. The van der Waals surface area contributed by atoms with Gasteiger partial charge in [0, 0.05) is 23.9 Å². The summed E-state index contributed by atoms with van der Waals surface area (Å²) in [5, 5.41) is 3.15. The van der Waals surface area contributed by atoms with Crippen LogP contribution in [0.25, 0.3) is 0 Å². The Balaban J connectivity index is 3.25. The molecule has 0 aromatic heterocycles. The van der Waals surface area contributed by atoms with Crippen molar-refractivity contribution in [2.45, 2.75) is 20.8 Å². The Kier molecular flexibility index (Phi) is 4.82. The quantitative estimate of drug-likeness (QED) is 0.773. The fourth-order valence-corrected chi connectivity index (χ4v) is 1.62. The van der Waals surface area contributed by atoms with Crippen molar-refractivity contribution in [3.63, 3.8) is 0 Å². The molecule has 0 amide bonds. The predicted octanol–water partition coefficient (Wildman–Crippen LogP) is 2.73. The van der Waals surface area contributed by atoms with E-state index in [0.29, 0.717) is 23.7 Å². The maximum atomic E-state index is 11.5. The lowest BCUT2D eigenvalue weighted by atomic mass is 10.1. The maximum Gasteiger partial charge on any atom is 0.163 e. The molecule has 1 aromatic carbocycles. The van der Waals surface area contributed by atoms with Crippen LogP contribution in [-0.4, -0.2) is 26.0 Å². The van der Waals surface area contributed by atoms with E-state index >= 15 is 0 Å². The smallest absolute Gasteiger partial charge is 0.163 e. The molecular weight excluding hydrogens is 218 g/mol. The van der Waals surface area contributed by atoms with Crippen molar-refractivity contribution in [1.82, 2.24) is 0 Å². The van der Waals surface area contributed by atoms with Gasteiger partial charge in [-0.05, 0) is 26.8 Å². The Morgan fingerprint density at radius 2 is 2.00 bits per heavy atom. The van der Waals surface area contributed by atoms with Crippen molar-refractivity contribution in [3.05, 3.63) is 17.7 Å². The highest BCUT2D eigenvalue weighted by Crippen LogP contribution is 2.33. The molecule has 94 valence electrons. The lowest BCUT2D eigenvalue weighted by Crippen LogP contribution is -2.06. The van der Waals surface area contributed by atoms with Gasteiger partial charge in [0.15, 0.2) is 17.3 Å². The standard InChI is InChI=1S/C13H19NO3/c1-5-14-11-8-13(17-6-2)12(16-4)7-10(11)9(3)15/h7-8,14H,5-6H2,1-4H3. The molecule has 0 aliphatic rings. The first kappa shape index (κ1) is 13.4. The van der Waals surface area contributed by atoms with E-state index in [1.807, 2.05) is 19.9 Å². The van der Waals surface area contributed by atoms with Crippen LogP contribution in [0.3, 0.4) is 0 Å². The van der Waals surface area contributed by atoms with Crippen molar-refractivity contribution in [2.75, 3.05) is 25.6 Å². The number of hydrogen-bond acceptors (Lipinski definition) is 4. The summed E-state index contributed by atoms with van der Waals surface area (Å²) in [4.78, 5) is 11.5. The highest BCUT2D eigenvalue weighted by atomic mass is 16.5. The van der Waals surface area contributed by atoms with Gasteiger partial charge in [-0.1, -0.05) is 0 Å². The monoisotopic (exact) mass is 237 g/mol. The molecule has 0 unspecified atom stereocenters. The summed E-state index contributed by atoms with van der Waals surface area (Å²) >= 11 is 0. The maximum absolute atomic E-state index is 11.5. The normalized spacial score (nSPS) is 9.88. The summed E-state index contributed by atoms with van der Waals surface area (Å²) in [5.41, 5.74) is 1.40. The van der Waals surface area contributed by atoms with Crippen molar-refractivity contribution >= 4 is 11.5 Å². The minimum atomic E-state index is 0.00213. The molecule has 17 heavy (non-hydrogen) atoms. The van der Waals surface area contributed by atoms with E-state index in [2.05, 4.69) is 5.32 Å². The molecule has 0 saturated heterocycles. The van der Waals surface area contributed by atoms with Crippen LogP contribution in [0.4, 0.5) is 5.69 Å². The molecule has 0 spiro atoms. The molecule has 4 heteroatoms. The van der Waals surface area contributed by atoms with Crippen LogP contribution < -0.4 is 14.8 Å². The van der Waals surface area contributed by atoms with E-state index in [-0.39, 0.29) is 5.78 Å². The number of carbonyl (C=O) groups excluding carboxylic acids is 1. The third kappa shape index (κ3) is 3.12. The minimum absolute atomic E-state index is 0.00213. The van der Waals surface area contributed by atoms with Crippen LogP contribution in [0.1, 0.15) is 31.1 Å². The van der Waals surface area contributed by atoms with E-state index in [4.69, 9.17) is 9.47 Å². The van der Waals surface area contributed by atoms with Crippen LogP contribution in [-0.2, 0) is 0 Å². The third-order valence-electron chi connectivity index (χ3n) is 2.35. The first-order valence-corrected chi connectivity index (χ1v) is 5.73. The molecule has 0 bridgehead atoms. The SMILES string of the molecule is CCNc1cc(OCC)c(OC)cc1C(C)=O. The van der Waals surface area contributed by atoms with Gasteiger partial charge in [-0.15, -0.1) is 0 Å². The van der Waals surface area contributed by atoms with Gasteiger partial charge in [0.25, 0.3) is 0 Å². The molecule has 0 atom stereocenters. The van der Waals surface area contributed by atoms with Crippen molar-refractivity contribution < 1.29 is 14.3 Å². The summed E-state index contributed by atoms with van der Waals surface area (Å²) in [6.07, 6.45) is 0. The van der Waals surface area contributed by atoms with E-state index < -0.39 is 0 Å². The fraction of sp³-hybridized carbons (Fsp3) is 0.462. The number of ketones is 1. The van der Waals surface area contributed by atoms with Gasteiger partial charge < -0.3 is 14.8 Å². The highest BCUT2D eigenvalue weighted by Gasteiger charge is 2.13. The predicted molar refractivity (Wildman–Crippen MR) is 68.3 cm³/mol. The van der Waals surface area contributed by atoms with Crippen molar-refractivity contribution in [3.8, 4) is 11.5 Å². The molecule has 0 radical (unpaired) electrons. The number of anilines is 1. The molecule has 0 aliphatic heterocycles. The molecule has 0 fully saturated rings. The highest BCUT2D eigenvalue weighted by molar-refractivity contribution is 6.00. The number of hydrogen-bond donors (Lipinski definition) is 1. The van der Waals surface area contributed by atoms with Gasteiger partial charge >= 0.3 is 0 Å². The first-order chi connectivity index (χ1) is 8.13. The Morgan fingerprint density at radius 1 is 1.29 bits per heavy atom. The van der Waals surface area contributed by atoms with Crippen molar-refractivity contribution in [1.29, 1.82) is 0 Å². The topological polar surface area (TPSA) is 47.6 Å². The van der Waals surface area contributed by atoms with Gasteiger partial charge in [-0.2, -0.15) is 0 Å². The summed E-state index contributed by atoms with van der Waals surface area (Å²) in [6.45, 7) is 6.73. The lowest BCUT2D eigenvalue weighted by molar-refractivity contribution is 0.101. The van der Waals surface area contributed by atoms with Crippen LogP contribution in [0, 0.1) is 0 Å². The van der Waals surface area contributed by atoms with Crippen LogP contribution in [0.5, 0.6) is 11.5 Å². The zero-order chi connectivity index (χ0) is 12.8. The molecule has 1 aromatic rings. The summed E-state index contributed by atoms with van der Waals surface area (Å²) in [7, 11) is 1.56. The fourth-order valence-electron chi connectivity index (χ4n) is 1.62. The average molecular weight is 237 g/mol. The molecule has 1 N–H and O–H groups in total. The van der Waals surface area contributed by atoms with E-state index in [1.54, 1.807) is 13.2 Å². The number of Topliss-reactive ketones (excluding diaryl/α,β-unsaturated/α-hetero) is 1. The molecule has 1 rings (SSSR count). The van der Waals surface area contributed by atoms with Gasteiger partial charge in [0.2, 0.25) is 0 Å². The van der Waals surface area contributed by atoms with Gasteiger partial charge in [0.1, 0.15) is 0 Å². The van der Waals surface area contributed by atoms with E-state index in [1.165, 1.54) is 6.92 Å². The van der Waals surface area contributed by atoms with Crippen LogP contribution >= 0.6 is 0 Å². The number of carbonyl (C=O) groups is 1. The lowest BCUT2D eigenvalue weighted by Gasteiger charge is -2.15. The van der Waals surface area contributed by atoms with Crippen LogP contribution in [0.2, 0.25) is 0 Å². The molecule has 0 heterocycles. The number of rotatable bonds is 6. The Morgan fingerprint density at radius 3 is 2.47 bits per heavy atom. The zero-order valence-electron chi connectivity index (χ0n) is 10.8. The number of ether oxygens (including phenoxy) is 2. The third-order valence-corrected chi connectivity index (χ3v) is 2.35. The summed E-state index contributed by atoms with van der Waals surface area (Å²) < 4.78 is 10.7. The average Bonchev–Trinajstić information content (AvgIpc) is 2.30. The van der Waals surface area contributed by atoms with Gasteiger partial charge in [-0.25, -0.2) is 0 Å². The molecule has 4 nitrogen and oxygen atoms in total. The van der Waals surface area contributed by atoms with Gasteiger partial charge in [0.05, 0.1) is 13.7 Å².